The zero-order valence-electron chi connectivity index (χ0n) is 10.1. The maximum atomic E-state index is 5.80. The summed E-state index contributed by atoms with van der Waals surface area (Å²) in [5.41, 5.74) is 5.80. The Hall–Kier alpha value is -0.320. The molecular formula is C12H21BrN2O. The first-order chi connectivity index (χ1) is 7.69. The lowest BCUT2D eigenvalue weighted by atomic mass is 10.1. The Morgan fingerprint density at radius 1 is 1.44 bits per heavy atom. The number of nitrogens with two attached hydrogens (primary N) is 1. The molecule has 2 N–H and O–H groups in total. The van der Waals surface area contributed by atoms with Crippen LogP contribution in [0.4, 0.5) is 0 Å². The first-order valence-electron chi connectivity index (χ1n) is 5.84. The Kier molecular flexibility index (Phi) is 6.09. The summed E-state index contributed by atoms with van der Waals surface area (Å²) < 4.78 is 6.33. The van der Waals surface area contributed by atoms with Crippen LogP contribution in [0.5, 0.6) is 0 Å². The molecule has 0 aliphatic carbocycles. The number of unbranched alkanes of at least 4 members (excludes halogenated alkanes) is 2. The van der Waals surface area contributed by atoms with Crippen molar-refractivity contribution in [2.75, 3.05) is 20.1 Å². The van der Waals surface area contributed by atoms with Crippen molar-refractivity contribution in [3.63, 3.8) is 0 Å². The highest BCUT2D eigenvalue weighted by molar-refractivity contribution is 9.10. The van der Waals surface area contributed by atoms with Gasteiger partial charge >= 0.3 is 0 Å². The fourth-order valence-corrected chi connectivity index (χ4v) is 2.11. The molecule has 0 bridgehead atoms. The van der Waals surface area contributed by atoms with Gasteiger partial charge in [0.05, 0.1) is 6.04 Å². The fraction of sp³-hybridized carbons (Fsp3) is 0.667. The van der Waals surface area contributed by atoms with Crippen molar-refractivity contribution in [3.8, 4) is 0 Å². The van der Waals surface area contributed by atoms with Gasteiger partial charge in [0.1, 0.15) is 5.76 Å². The number of hydrogen-bond donors (Lipinski definition) is 1. The highest BCUT2D eigenvalue weighted by Gasteiger charge is 2.18. The molecule has 0 aromatic carbocycles. The highest BCUT2D eigenvalue weighted by Crippen LogP contribution is 2.23. The van der Waals surface area contributed by atoms with Crippen molar-refractivity contribution < 1.29 is 4.42 Å². The molecule has 0 fully saturated rings. The second kappa shape index (κ2) is 7.09. The third-order valence-corrected chi connectivity index (χ3v) is 3.22. The standard InChI is InChI=1S/C12H21BrN2O/c1-3-4-5-8-15(2)10(9-14)11-6-7-12(13)16-11/h6-7,10H,3-5,8-9,14H2,1-2H3. The normalized spacial score (nSPS) is 13.3. The third-order valence-electron chi connectivity index (χ3n) is 2.79. The maximum absolute atomic E-state index is 5.80. The predicted octanol–water partition coefficient (Wildman–Crippen LogP) is 3.16. The molecular weight excluding hydrogens is 268 g/mol. The largest absolute Gasteiger partial charge is 0.453 e. The van der Waals surface area contributed by atoms with Crippen LogP contribution in [0, 0.1) is 0 Å². The van der Waals surface area contributed by atoms with E-state index < -0.39 is 0 Å². The molecule has 0 amide bonds. The Labute approximate surface area is 106 Å². The van der Waals surface area contributed by atoms with E-state index in [1.54, 1.807) is 0 Å². The molecule has 0 aliphatic heterocycles. The smallest absolute Gasteiger partial charge is 0.169 e. The average Bonchev–Trinajstić information content (AvgIpc) is 2.66. The minimum atomic E-state index is 0.183. The maximum Gasteiger partial charge on any atom is 0.169 e. The monoisotopic (exact) mass is 288 g/mol. The van der Waals surface area contributed by atoms with Crippen LogP contribution in [-0.4, -0.2) is 25.0 Å². The van der Waals surface area contributed by atoms with Gasteiger partial charge in [0.15, 0.2) is 4.67 Å². The van der Waals surface area contributed by atoms with E-state index in [0.29, 0.717) is 6.54 Å². The molecule has 1 aromatic heterocycles. The van der Waals surface area contributed by atoms with Gasteiger partial charge in [0.25, 0.3) is 0 Å². The van der Waals surface area contributed by atoms with E-state index in [1.165, 1.54) is 19.3 Å². The number of rotatable bonds is 7. The van der Waals surface area contributed by atoms with Crippen LogP contribution in [0.25, 0.3) is 0 Å². The number of furan rings is 1. The van der Waals surface area contributed by atoms with Crippen LogP contribution in [-0.2, 0) is 0 Å². The minimum Gasteiger partial charge on any atom is -0.453 e. The third kappa shape index (κ3) is 3.92. The molecule has 0 radical (unpaired) electrons. The summed E-state index contributed by atoms with van der Waals surface area (Å²) in [5, 5.41) is 0. The van der Waals surface area contributed by atoms with E-state index in [9.17, 15) is 0 Å². The molecule has 92 valence electrons. The molecule has 0 saturated carbocycles. The second-order valence-electron chi connectivity index (χ2n) is 4.08. The van der Waals surface area contributed by atoms with Crippen molar-refractivity contribution in [1.82, 2.24) is 4.90 Å². The summed E-state index contributed by atoms with van der Waals surface area (Å²) in [7, 11) is 2.10. The predicted molar refractivity (Wildman–Crippen MR) is 70.4 cm³/mol. The fourth-order valence-electron chi connectivity index (χ4n) is 1.79. The van der Waals surface area contributed by atoms with Gasteiger partial charge in [-0.2, -0.15) is 0 Å². The number of likely N-dealkylation sites (N-methyl/N-ethyl adjacent to an activating group) is 1. The van der Waals surface area contributed by atoms with Gasteiger partial charge in [0.2, 0.25) is 0 Å². The molecule has 3 nitrogen and oxygen atoms in total. The zero-order valence-corrected chi connectivity index (χ0v) is 11.7. The van der Waals surface area contributed by atoms with E-state index in [0.717, 1.165) is 17.0 Å². The van der Waals surface area contributed by atoms with Gasteiger partial charge in [-0.3, -0.25) is 4.90 Å². The summed E-state index contributed by atoms with van der Waals surface area (Å²) in [6.45, 7) is 3.86. The molecule has 0 spiro atoms. The van der Waals surface area contributed by atoms with Gasteiger partial charge < -0.3 is 10.2 Å². The lowest BCUT2D eigenvalue weighted by molar-refractivity contribution is 0.215. The Balaban J connectivity index is 2.53. The van der Waals surface area contributed by atoms with Gasteiger partial charge in [-0.25, -0.2) is 0 Å². The molecule has 4 heteroatoms. The van der Waals surface area contributed by atoms with Crippen LogP contribution in [0.1, 0.15) is 38.0 Å². The van der Waals surface area contributed by atoms with E-state index in [1.807, 2.05) is 12.1 Å². The molecule has 16 heavy (non-hydrogen) atoms. The van der Waals surface area contributed by atoms with Crippen LogP contribution < -0.4 is 5.73 Å². The lowest BCUT2D eigenvalue weighted by Crippen LogP contribution is -2.31. The molecule has 1 atom stereocenters. The van der Waals surface area contributed by atoms with Gasteiger partial charge in [-0.05, 0) is 48.1 Å². The summed E-state index contributed by atoms with van der Waals surface area (Å²) >= 11 is 3.32. The number of nitrogens with zero attached hydrogens (tertiary/aromatic N) is 1. The Morgan fingerprint density at radius 3 is 2.69 bits per heavy atom. The van der Waals surface area contributed by atoms with Crippen LogP contribution in [0.15, 0.2) is 21.2 Å². The topological polar surface area (TPSA) is 42.4 Å². The molecule has 0 aliphatic rings. The summed E-state index contributed by atoms with van der Waals surface area (Å²) in [6.07, 6.45) is 3.72. The van der Waals surface area contributed by atoms with Crippen molar-refractivity contribution in [2.24, 2.45) is 5.73 Å². The Bertz CT molecular complexity index is 301. The van der Waals surface area contributed by atoms with E-state index in [-0.39, 0.29) is 6.04 Å². The molecule has 1 rings (SSSR count). The molecule has 0 saturated heterocycles. The summed E-state index contributed by atoms with van der Waals surface area (Å²) in [4.78, 5) is 2.26. The second-order valence-corrected chi connectivity index (χ2v) is 4.86. The van der Waals surface area contributed by atoms with E-state index in [2.05, 4.69) is 34.8 Å². The first kappa shape index (κ1) is 13.7. The zero-order chi connectivity index (χ0) is 12.0. The highest BCUT2D eigenvalue weighted by atomic mass is 79.9. The van der Waals surface area contributed by atoms with Gasteiger partial charge in [-0.1, -0.05) is 19.8 Å². The first-order valence-corrected chi connectivity index (χ1v) is 6.63. The molecule has 1 unspecified atom stereocenters. The molecule has 1 heterocycles. The Morgan fingerprint density at radius 2 is 2.19 bits per heavy atom. The quantitative estimate of drug-likeness (QED) is 0.784. The SMILES string of the molecule is CCCCCN(C)C(CN)c1ccc(Br)o1. The van der Waals surface area contributed by atoms with Gasteiger partial charge in [-0.15, -0.1) is 0 Å². The summed E-state index contributed by atoms with van der Waals surface area (Å²) in [6, 6.07) is 4.08. The van der Waals surface area contributed by atoms with Crippen LogP contribution in [0.3, 0.4) is 0 Å². The van der Waals surface area contributed by atoms with Gasteiger partial charge in [0, 0.05) is 6.54 Å². The summed E-state index contributed by atoms with van der Waals surface area (Å²) in [5.74, 6) is 0.938. The minimum absolute atomic E-state index is 0.183. The van der Waals surface area contributed by atoms with Crippen molar-refractivity contribution in [1.29, 1.82) is 0 Å². The lowest BCUT2D eigenvalue weighted by Gasteiger charge is -2.25. The average molecular weight is 289 g/mol. The van der Waals surface area contributed by atoms with Crippen molar-refractivity contribution in [3.05, 3.63) is 22.6 Å². The number of hydrogen-bond acceptors (Lipinski definition) is 3. The van der Waals surface area contributed by atoms with Crippen molar-refractivity contribution >= 4 is 15.9 Å². The van der Waals surface area contributed by atoms with Crippen LogP contribution in [0.2, 0.25) is 0 Å². The van der Waals surface area contributed by atoms with E-state index >= 15 is 0 Å². The molecule has 1 aromatic rings. The van der Waals surface area contributed by atoms with Crippen molar-refractivity contribution in [2.45, 2.75) is 32.2 Å². The van der Waals surface area contributed by atoms with E-state index in [4.69, 9.17) is 10.2 Å². The van der Waals surface area contributed by atoms with Crippen LogP contribution >= 0.6 is 15.9 Å². The number of halogens is 1.